The number of hydrogen-bond donors (Lipinski definition) is 2. The number of ether oxygens (including phenoxy) is 1. The van der Waals surface area contributed by atoms with E-state index in [0.29, 0.717) is 23.9 Å². The van der Waals surface area contributed by atoms with Crippen LogP contribution in [0.25, 0.3) is 0 Å². The average molecular weight is 467 g/mol. The minimum absolute atomic E-state index is 0.260. The Morgan fingerprint density at radius 1 is 1.21 bits per heavy atom. The maximum Gasteiger partial charge on any atom is 0.329 e. The maximum absolute atomic E-state index is 11.6. The molecule has 0 fully saturated rings. The summed E-state index contributed by atoms with van der Waals surface area (Å²) in [6.45, 7) is 4.65. The standard InChI is InChI=1S/C20H21BrClN3O3/c1-13(2)10-23-19(26)20(27)25-24-11-14-7-8-18(16(21)9-14)28-12-15-5-3-4-6-17(15)22/h3-9,11,13H,10,12H2,1-2H3,(H,23,26)(H,25,27)/b24-11-. The van der Waals surface area contributed by atoms with Crippen molar-refractivity contribution in [3.8, 4) is 5.75 Å². The van der Waals surface area contributed by atoms with E-state index in [1.165, 1.54) is 6.21 Å². The Morgan fingerprint density at radius 2 is 1.96 bits per heavy atom. The number of hydrogen-bond acceptors (Lipinski definition) is 4. The third kappa shape index (κ3) is 6.98. The molecule has 2 rings (SSSR count). The van der Waals surface area contributed by atoms with Crippen LogP contribution >= 0.6 is 27.5 Å². The van der Waals surface area contributed by atoms with E-state index < -0.39 is 11.8 Å². The van der Waals surface area contributed by atoms with Crippen LogP contribution in [0.3, 0.4) is 0 Å². The van der Waals surface area contributed by atoms with Gasteiger partial charge < -0.3 is 10.1 Å². The first-order valence-corrected chi connectivity index (χ1v) is 9.81. The molecule has 2 aromatic rings. The van der Waals surface area contributed by atoms with Crippen molar-refractivity contribution in [1.29, 1.82) is 0 Å². The van der Waals surface area contributed by atoms with Crippen LogP contribution < -0.4 is 15.5 Å². The molecule has 0 saturated heterocycles. The second-order valence-corrected chi connectivity index (χ2v) is 7.63. The maximum atomic E-state index is 11.6. The Balaban J connectivity index is 1.89. The van der Waals surface area contributed by atoms with Gasteiger partial charge in [-0.05, 0) is 51.7 Å². The van der Waals surface area contributed by atoms with Crippen molar-refractivity contribution in [2.75, 3.05) is 6.54 Å². The molecule has 28 heavy (non-hydrogen) atoms. The van der Waals surface area contributed by atoms with E-state index >= 15 is 0 Å². The van der Waals surface area contributed by atoms with Crippen LogP contribution in [-0.2, 0) is 16.2 Å². The largest absolute Gasteiger partial charge is 0.488 e. The quantitative estimate of drug-likeness (QED) is 0.369. The van der Waals surface area contributed by atoms with Crippen molar-refractivity contribution in [2.24, 2.45) is 11.0 Å². The Labute approximate surface area is 177 Å². The van der Waals surface area contributed by atoms with E-state index in [1.807, 2.05) is 38.1 Å². The van der Waals surface area contributed by atoms with Crippen LogP contribution in [-0.4, -0.2) is 24.6 Å². The van der Waals surface area contributed by atoms with Gasteiger partial charge >= 0.3 is 11.8 Å². The molecular weight excluding hydrogens is 446 g/mol. The lowest BCUT2D eigenvalue weighted by molar-refractivity contribution is -0.139. The van der Waals surface area contributed by atoms with E-state index in [-0.39, 0.29) is 5.92 Å². The SMILES string of the molecule is CC(C)CNC(=O)C(=O)N/N=C\c1ccc(OCc2ccccc2Cl)c(Br)c1. The van der Waals surface area contributed by atoms with E-state index in [1.54, 1.807) is 18.2 Å². The topological polar surface area (TPSA) is 79.8 Å². The van der Waals surface area contributed by atoms with Gasteiger partial charge in [-0.3, -0.25) is 9.59 Å². The molecule has 0 aliphatic carbocycles. The molecule has 2 aromatic carbocycles. The van der Waals surface area contributed by atoms with Crippen LogP contribution in [0.15, 0.2) is 52.0 Å². The zero-order valence-corrected chi connectivity index (χ0v) is 17.9. The highest BCUT2D eigenvalue weighted by atomic mass is 79.9. The van der Waals surface area contributed by atoms with Crippen molar-refractivity contribution >= 4 is 45.6 Å². The smallest absolute Gasteiger partial charge is 0.329 e. The summed E-state index contributed by atoms with van der Waals surface area (Å²) in [5.74, 6) is -0.614. The van der Waals surface area contributed by atoms with Gasteiger partial charge in [0.25, 0.3) is 0 Å². The number of nitrogens with zero attached hydrogens (tertiary/aromatic N) is 1. The molecule has 0 aliphatic heterocycles. The number of carbonyl (C=O) groups excluding carboxylic acids is 2. The number of halogens is 2. The summed E-state index contributed by atoms with van der Waals surface area (Å²) in [5, 5.41) is 6.97. The van der Waals surface area contributed by atoms with Gasteiger partial charge in [0.1, 0.15) is 12.4 Å². The molecule has 6 nitrogen and oxygen atoms in total. The molecular formula is C20H21BrClN3O3. The summed E-state index contributed by atoms with van der Waals surface area (Å²) >= 11 is 9.57. The van der Waals surface area contributed by atoms with Gasteiger partial charge in [0.15, 0.2) is 0 Å². The highest BCUT2D eigenvalue weighted by Crippen LogP contribution is 2.27. The number of hydrazone groups is 1. The van der Waals surface area contributed by atoms with Gasteiger partial charge in [-0.15, -0.1) is 0 Å². The van der Waals surface area contributed by atoms with E-state index in [9.17, 15) is 9.59 Å². The second kappa shape index (κ2) is 10.8. The predicted molar refractivity (Wildman–Crippen MR) is 114 cm³/mol. The van der Waals surface area contributed by atoms with Gasteiger partial charge in [0, 0.05) is 17.1 Å². The molecule has 148 valence electrons. The van der Waals surface area contributed by atoms with E-state index in [0.717, 1.165) is 15.6 Å². The van der Waals surface area contributed by atoms with Gasteiger partial charge in [-0.25, -0.2) is 5.43 Å². The fourth-order valence-corrected chi connectivity index (χ4v) is 2.78. The number of nitrogens with one attached hydrogen (secondary N) is 2. The first-order chi connectivity index (χ1) is 13.4. The summed E-state index contributed by atoms with van der Waals surface area (Å²) in [6, 6.07) is 12.8. The van der Waals surface area contributed by atoms with Crippen molar-refractivity contribution in [3.63, 3.8) is 0 Å². The molecule has 2 amide bonds. The lowest BCUT2D eigenvalue weighted by Crippen LogP contribution is -2.39. The second-order valence-electron chi connectivity index (χ2n) is 6.37. The third-order valence-electron chi connectivity index (χ3n) is 3.55. The lowest BCUT2D eigenvalue weighted by Gasteiger charge is -2.10. The van der Waals surface area contributed by atoms with Crippen LogP contribution in [0.2, 0.25) is 5.02 Å². The third-order valence-corrected chi connectivity index (χ3v) is 4.54. The first-order valence-electron chi connectivity index (χ1n) is 8.63. The molecule has 8 heteroatoms. The molecule has 0 aromatic heterocycles. The molecule has 0 radical (unpaired) electrons. The summed E-state index contributed by atoms with van der Waals surface area (Å²) < 4.78 is 6.51. The van der Waals surface area contributed by atoms with Gasteiger partial charge in [0.2, 0.25) is 0 Å². The lowest BCUT2D eigenvalue weighted by atomic mass is 10.2. The number of amides is 2. The molecule has 0 bridgehead atoms. The van der Waals surface area contributed by atoms with Crippen LogP contribution in [0.4, 0.5) is 0 Å². The molecule has 0 heterocycles. The molecule has 0 aliphatic rings. The molecule has 0 unspecified atom stereocenters. The fraction of sp³-hybridized carbons (Fsp3) is 0.250. The normalized spacial score (nSPS) is 10.9. The van der Waals surface area contributed by atoms with Crippen molar-refractivity contribution in [1.82, 2.24) is 10.7 Å². The molecule has 0 spiro atoms. The Bertz CT molecular complexity index is 872. The Kier molecular flexibility index (Phi) is 8.47. The highest BCUT2D eigenvalue weighted by molar-refractivity contribution is 9.10. The van der Waals surface area contributed by atoms with Crippen LogP contribution in [0.1, 0.15) is 25.0 Å². The van der Waals surface area contributed by atoms with E-state index in [2.05, 4.69) is 31.8 Å². The molecule has 2 N–H and O–H groups in total. The Hall–Kier alpha value is -2.38. The number of rotatable bonds is 7. The van der Waals surface area contributed by atoms with Crippen molar-refractivity contribution < 1.29 is 14.3 Å². The predicted octanol–water partition coefficient (Wildman–Crippen LogP) is 3.90. The minimum Gasteiger partial charge on any atom is -0.488 e. The average Bonchev–Trinajstić information content (AvgIpc) is 2.66. The fourth-order valence-electron chi connectivity index (χ4n) is 2.08. The van der Waals surface area contributed by atoms with Crippen molar-refractivity contribution in [3.05, 3.63) is 63.1 Å². The zero-order chi connectivity index (χ0) is 20.5. The van der Waals surface area contributed by atoms with E-state index in [4.69, 9.17) is 16.3 Å². The number of carbonyl (C=O) groups is 2. The highest BCUT2D eigenvalue weighted by Gasteiger charge is 2.12. The molecule has 0 saturated carbocycles. The molecule has 0 atom stereocenters. The summed E-state index contributed by atoms with van der Waals surface area (Å²) in [5.41, 5.74) is 3.81. The minimum atomic E-state index is -0.810. The Morgan fingerprint density at radius 3 is 2.64 bits per heavy atom. The van der Waals surface area contributed by atoms with Crippen molar-refractivity contribution in [2.45, 2.75) is 20.5 Å². The van der Waals surface area contributed by atoms with Gasteiger partial charge in [-0.1, -0.05) is 43.6 Å². The van der Waals surface area contributed by atoms with Gasteiger partial charge in [-0.2, -0.15) is 5.10 Å². The van der Waals surface area contributed by atoms with Crippen LogP contribution in [0, 0.1) is 5.92 Å². The van der Waals surface area contributed by atoms with Crippen LogP contribution in [0.5, 0.6) is 5.75 Å². The van der Waals surface area contributed by atoms with Gasteiger partial charge in [0.05, 0.1) is 10.7 Å². The zero-order valence-electron chi connectivity index (χ0n) is 15.5. The summed E-state index contributed by atoms with van der Waals surface area (Å²) in [6.07, 6.45) is 1.44. The summed E-state index contributed by atoms with van der Waals surface area (Å²) in [7, 11) is 0. The monoisotopic (exact) mass is 465 g/mol. The first kappa shape index (κ1) is 21.9. The summed E-state index contributed by atoms with van der Waals surface area (Å²) in [4.78, 5) is 23.2. The number of benzene rings is 2.